The Morgan fingerprint density at radius 1 is 0.413 bits per heavy atom. The summed E-state index contributed by atoms with van der Waals surface area (Å²) in [5.74, 6) is 0. The third-order valence-electron chi connectivity index (χ3n) is 8.51. The lowest BCUT2D eigenvalue weighted by atomic mass is 10.0. The SMILES string of the molecule is C/C=c1/cccc/c1=C/CN(c1ccccc1)c1ccc(-c2ccc(N(c3ccccc3)c3ccc4ccccc4c3)cc2)cc1. The summed E-state index contributed by atoms with van der Waals surface area (Å²) < 4.78 is 0. The van der Waals surface area contributed by atoms with Gasteiger partial charge in [-0.2, -0.15) is 0 Å². The molecule has 7 aromatic carbocycles. The van der Waals surface area contributed by atoms with Crippen molar-refractivity contribution in [1.29, 1.82) is 0 Å². The Morgan fingerprint density at radius 3 is 1.54 bits per heavy atom. The van der Waals surface area contributed by atoms with E-state index in [9.17, 15) is 0 Å². The van der Waals surface area contributed by atoms with Crippen LogP contribution >= 0.6 is 0 Å². The predicted molar refractivity (Wildman–Crippen MR) is 198 cm³/mol. The third kappa shape index (κ3) is 6.20. The molecule has 0 aliphatic heterocycles. The van der Waals surface area contributed by atoms with Crippen molar-refractivity contribution < 1.29 is 0 Å². The molecule has 7 rings (SSSR count). The average Bonchev–Trinajstić information content (AvgIpc) is 3.13. The Bertz CT molecular complexity index is 2170. The van der Waals surface area contributed by atoms with E-state index in [0.717, 1.165) is 29.3 Å². The molecule has 0 saturated heterocycles. The van der Waals surface area contributed by atoms with Crippen LogP contribution in [0.2, 0.25) is 0 Å². The van der Waals surface area contributed by atoms with Gasteiger partial charge < -0.3 is 9.80 Å². The minimum atomic E-state index is 0.771. The number of benzene rings is 7. The normalized spacial score (nSPS) is 11.9. The smallest absolute Gasteiger partial charge is 0.0468 e. The Morgan fingerprint density at radius 2 is 0.891 bits per heavy atom. The first-order valence-electron chi connectivity index (χ1n) is 15.9. The first kappa shape index (κ1) is 28.9. The fourth-order valence-electron chi connectivity index (χ4n) is 6.09. The Balaban J connectivity index is 1.19. The topological polar surface area (TPSA) is 6.48 Å². The second-order valence-corrected chi connectivity index (χ2v) is 11.4. The minimum Gasteiger partial charge on any atom is -0.338 e. The molecule has 2 nitrogen and oxygen atoms in total. The summed E-state index contributed by atoms with van der Waals surface area (Å²) in [7, 11) is 0. The molecule has 7 aromatic rings. The highest BCUT2D eigenvalue weighted by molar-refractivity contribution is 5.89. The van der Waals surface area contributed by atoms with Crippen molar-refractivity contribution in [2.75, 3.05) is 16.3 Å². The van der Waals surface area contributed by atoms with E-state index in [0.29, 0.717) is 0 Å². The zero-order valence-electron chi connectivity index (χ0n) is 26.0. The Hall–Kier alpha value is -5.86. The van der Waals surface area contributed by atoms with Crippen LogP contribution in [0.5, 0.6) is 0 Å². The van der Waals surface area contributed by atoms with E-state index in [4.69, 9.17) is 0 Å². The van der Waals surface area contributed by atoms with Crippen molar-refractivity contribution in [3.63, 3.8) is 0 Å². The number of hydrogen-bond acceptors (Lipinski definition) is 2. The van der Waals surface area contributed by atoms with Crippen molar-refractivity contribution in [2.24, 2.45) is 0 Å². The van der Waals surface area contributed by atoms with Crippen LogP contribution in [0, 0.1) is 0 Å². The molecule has 0 saturated carbocycles. The average molecular weight is 593 g/mol. The molecular formula is C44H36N2. The van der Waals surface area contributed by atoms with E-state index < -0.39 is 0 Å². The lowest BCUT2D eigenvalue weighted by Crippen LogP contribution is -2.26. The molecular weight excluding hydrogens is 556 g/mol. The van der Waals surface area contributed by atoms with Crippen molar-refractivity contribution in [1.82, 2.24) is 0 Å². The number of anilines is 5. The van der Waals surface area contributed by atoms with E-state index in [2.05, 4.69) is 205 Å². The predicted octanol–water partition coefficient (Wildman–Crippen LogP) is 10.4. The van der Waals surface area contributed by atoms with Crippen molar-refractivity contribution in [2.45, 2.75) is 6.92 Å². The van der Waals surface area contributed by atoms with Crippen molar-refractivity contribution in [3.8, 4) is 11.1 Å². The van der Waals surface area contributed by atoms with Gasteiger partial charge in [0.05, 0.1) is 0 Å². The molecule has 222 valence electrons. The van der Waals surface area contributed by atoms with Gasteiger partial charge in [0.25, 0.3) is 0 Å². The van der Waals surface area contributed by atoms with Gasteiger partial charge >= 0.3 is 0 Å². The Labute approximate surface area is 271 Å². The summed E-state index contributed by atoms with van der Waals surface area (Å²) in [5.41, 5.74) is 8.10. The second kappa shape index (κ2) is 13.4. The summed E-state index contributed by atoms with van der Waals surface area (Å²) >= 11 is 0. The number of hydrogen-bond donors (Lipinski definition) is 0. The van der Waals surface area contributed by atoms with Crippen LogP contribution in [0.15, 0.2) is 176 Å². The molecule has 0 radical (unpaired) electrons. The van der Waals surface area contributed by atoms with Crippen LogP contribution in [-0.4, -0.2) is 6.54 Å². The summed E-state index contributed by atoms with van der Waals surface area (Å²) in [5, 5.41) is 4.97. The molecule has 0 atom stereocenters. The quantitative estimate of drug-likeness (QED) is 0.173. The summed E-state index contributed by atoms with van der Waals surface area (Å²) in [4.78, 5) is 4.68. The summed E-state index contributed by atoms with van der Waals surface area (Å²) in [6.07, 6.45) is 4.47. The van der Waals surface area contributed by atoms with Crippen LogP contribution in [0.3, 0.4) is 0 Å². The Kier molecular flexibility index (Phi) is 8.43. The number of fused-ring (bicyclic) bond motifs is 1. The van der Waals surface area contributed by atoms with Gasteiger partial charge in [-0.25, -0.2) is 0 Å². The van der Waals surface area contributed by atoms with Crippen LogP contribution in [0.4, 0.5) is 28.4 Å². The van der Waals surface area contributed by atoms with Gasteiger partial charge in [0.1, 0.15) is 0 Å². The van der Waals surface area contributed by atoms with Crippen molar-refractivity contribution in [3.05, 3.63) is 186 Å². The number of para-hydroxylation sites is 2. The molecule has 0 aromatic heterocycles. The molecule has 2 heteroatoms. The van der Waals surface area contributed by atoms with E-state index in [1.165, 1.54) is 38.0 Å². The lowest BCUT2D eigenvalue weighted by molar-refractivity contribution is 1.13. The number of rotatable bonds is 8. The fraction of sp³-hybridized carbons (Fsp3) is 0.0455. The standard InChI is InChI=1S/C44H36N2/c1-2-34-13-9-10-15-36(34)31-32-45(40-17-5-3-6-18-40)41-26-21-37(22-27-41)38-23-28-43(29-24-38)46(42-19-7-4-8-20-42)44-30-25-35-14-11-12-16-39(35)33-44/h2-31,33H,32H2,1H3/b34-2-,36-31-. The zero-order chi connectivity index (χ0) is 31.1. The van der Waals surface area contributed by atoms with Crippen LogP contribution < -0.4 is 20.2 Å². The second-order valence-electron chi connectivity index (χ2n) is 11.4. The van der Waals surface area contributed by atoms with Gasteiger partial charge in [0, 0.05) is 35.0 Å². The third-order valence-corrected chi connectivity index (χ3v) is 8.51. The van der Waals surface area contributed by atoms with Gasteiger partial charge in [-0.1, -0.05) is 127 Å². The molecule has 0 spiro atoms. The molecule has 0 unspecified atom stereocenters. The van der Waals surface area contributed by atoms with Crippen molar-refractivity contribution >= 4 is 51.4 Å². The molecule has 0 amide bonds. The molecule has 46 heavy (non-hydrogen) atoms. The van der Waals surface area contributed by atoms with Crippen LogP contribution in [0.1, 0.15) is 6.92 Å². The van der Waals surface area contributed by atoms with Gasteiger partial charge in [0.2, 0.25) is 0 Å². The van der Waals surface area contributed by atoms with Gasteiger partial charge in [-0.15, -0.1) is 0 Å². The first-order chi connectivity index (χ1) is 22.8. The maximum absolute atomic E-state index is 2.36. The van der Waals surface area contributed by atoms with Gasteiger partial charge in [-0.3, -0.25) is 0 Å². The summed E-state index contributed by atoms with van der Waals surface area (Å²) in [6.45, 7) is 2.86. The molecule has 0 heterocycles. The van der Waals surface area contributed by atoms with E-state index in [-0.39, 0.29) is 0 Å². The minimum absolute atomic E-state index is 0.771. The highest BCUT2D eigenvalue weighted by atomic mass is 15.1. The molecule has 0 fully saturated rings. The van der Waals surface area contributed by atoms with E-state index in [1.807, 2.05) is 0 Å². The summed E-state index contributed by atoms with van der Waals surface area (Å²) in [6, 6.07) is 62.7. The number of nitrogens with zero attached hydrogens (tertiary/aromatic N) is 2. The van der Waals surface area contributed by atoms with Gasteiger partial charge in [0.15, 0.2) is 0 Å². The fourth-order valence-corrected chi connectivity index (χ4v) is 6.09. The maximum atomic E-state index is 2.36. The molecule has 0 bridgehead atoms. The highest BCUT2D eigenvalue weighted by Gasteiger charge is 2.14. The van der Waals surface area contributed by atoms with Crippen LogP contribution in [-0.2, 0) is 0 Å². The highest BCUT2D eigenvalue weighted by Crippen LogP contribution is 2.37. The molecule has 0 aliphatic carbocycles. The van der Waals surface area contributed by atoms with Gasteiger partial charge in [-0.05, 0) is 99.9 Å². The van der Waals surface area contributed by atoms with Crippen LogP contribution in [0.25, 0.3) is 34.1 Å². The molecule has 0 aliphatic rings. The maximum Gasteiger partial charge on any atom is 0.0468 e. The first-order valence-corrected chi connectivity index (χ1v) is 15.9. The molecule has 0 N–H and O–H groups in total. The van der Waals surface area contributed by atoms with E-state index in [1.54, 1.807) is 0 Å². The largest absolute Gasteiger partial charge is 0.338 e. The monoisotopic (exact) mass is 592 g/mol. The lowest BCUT2D eigenvalue weighted by Gasteiger charge is -2.26. The zero-order valence-corrected chi connectivity index (χ0v) is 26.0. The van der Waals surface area contributed by atoms with E-state index >= 15 is 0 Å².